The van der Waals surface area contributed by atoms with Gasteiger partial charge in [-0.15, -0.1) is 0 Å². The molecule has 0 unspecified atom stereocenters. The summed E-state index contributed by atoms with van der Waals surface area (Å²) in [5, 5.41) is 5.52. The fourth-order valence-electron chi connectivity index (χ4n) is 3.50. The molecule has 36 heavy (non-hydrogen) atoms. The Labute approximate surface area is 205 Å². The number of alkyl halides is 2. The standard InChI is InChI=1S/C22H22F3N7O3S/c1-12-4-7-18(31(2)36(3,34)35)28-17(12)11-32(21(24)25)20-15(23)10-26-22(30-20)27-14-6-5-13-8-19(33)29-16(13)9-14/h4-7,9-10,21H,8,11H2,1-3H3,(H,29,33)(H,26,27,30). The van der Waals surface area contributed by atoms with Gasteiger partial charge in [0.2, 0.25) is 21.9 Å². The zero-order chi connectivity index (χ0) is 26.2. The molecule has 1 amide bonds. The van der Waals surface area contributed by atoms with E-state index in [0.717, 1.165) is 22.3 Å². The Morgan fingerprint density at radius 3 is 2.64 bits per heavy atom. The zero-order valence-corrected chi connectivity index (χ0v) is 20.3. The van der Waals surface area contributed by atoms with Crippen molar-refractivity contribution in [1.29, 1.82) is 0 Å². The van der Waals surface area contributed by atoms with E-state index in [1.165, 1.54) is 13.1 Å². The lowest BCUT2D eigenvalue weighted by molar-refractivity contribution is -0.115. The Balaban J connectivity index is 1.63. The molecule has 3 heterocycles. The number of benzene rings is 1. The third-order valence-corrected chi connectivity index (χ3v) is 6.73. The van der Waals surface area contributed by atoms with E-state index in [1.807, 2.05) is 0 Å². The number of pyridine rings is 1. The Kier molecular flexibility index (Phi) is 6.71. The maximum Gasteiger partial charge on any atom is 0.316 e. The molecule has 3 aromatic rings. The highest BCUT2D eigenvalue weighted by molar-refractivity contribution is 7.92. The van der Waals surface area contributed by atoms with Gasteiger partial charge in [-0.05, 0) is 36.2 Å². The summed E-state index contributed by atoms with van der Waals surface area (Å²) in [6.45, 7) is -2.09. The summed E-state index contributed by atoms with van der Waals surface area (Å²) >= 11 is 0. The van der Waals surface area contributed by atoms with E-state index < -0.39 is 34.8 Å². The molecule has 1 aliphatic rings. The van der Waals surface area contributed by atoms with E-state index in [9.17, 15) is 26.4 Å². The molecule has 0 aliphatic carbocycles. The number of amides is 1. The summed E-state index contributed by atoms with van der Waals surface area (Å²) in [5.41, 5.74) is 2.49. The first-order chi connectivity index (χ1) is 16.9. The van der Waals surface area contributed by atoms with E-state index in [0.29, 0.717) is 21.8 Å². The van der Waals surface area contributed by atoms with Crippen molar-refractivity contribution in [3.05, 3.63) is 59.2 Å². The lowest BCUT2D eigenvalue weighted by Gasteiger charge is -2.24. The highest BCUT2D eigenvalue weighted by atomic mass is 32.2. The molecular weight excluding hydrogens is 499 g/mol. The summed E-state index contributed by atoms with van der Waals surface area (Å²) in [4.78, 5) is 23.9. The molecule has 14 heteroatoms. The lowest BCUT2D eigenvalue weighted by atomic mass is 10.1. The van der Waals surface area contributed by atoms with E-state index in [4.69, 9.17) is 0 Å². The minimum absolute atomic E-state index is 0.0292. The van der Waals surface area contributed by atoms with Crippen molar-refractivity contribution in [1.82, 2.24) is 15.0 Å². The number of carbonyl (C=O) groups excluding carboxylic acids is 1. The number of halogens is 3. The third-order valence-electron chi connectivity index (χ3n) is 5.55. The first-order valence-corrected chi connectivity index (χ1v) is 12.4. The Hall–Kier alpha value is -3.94. The Bertz CT molecular complexity index is 1440. The van der Waals surface area contributed by atoms with Gasteiger partial charge in [-0.2, -0.15) is 13.8 Å². The Morgan fingerprint density at radius 2 is 1.94 bits per heavy atom. The maximum atomic E-state index is 14.6. The van der Waals surface area contributed by atoms with Gasteiger partial charge in [0.1, 0.15) is 5.82 Å². The summed E-state index contributed by atoms with van der Waals surface area (Å²) in [7, 11) is -2.35. The molecule has 0 atom stereocenters. The number of aryl methyl sites for hydroxylation is 1. The topological polar surface area (TPSA) is 120 Å². The highest BCUT2D eigenvalue weighted by Gasteiger charge is 2.26. The molecular formula is C22H22F3N7O3S. The average molecular weight is 522 g/mol. The molecule has 0 saturated heterocycles. The number of rotatable bonds is 8. The van der Waals surface area contributed by atoms with Crippen LogP contribution in [-0.4, -0.2) is 49.1 Å². The normalized spacial score (nSPS) is 12.9. The van der Waals surface area contributed by atoms with Crippen LogP contribution >= 0.6 is 0 Å². The largest absolute Gasteiger partial charge is 0.325 e. The first-order valence-electron chi connectivity index (χ1n) is 10.6. The maximum absolute atomic E-state index is 14.6. The number of anilines is 5. The van der Waals surface area contributed by atoms with Crippen molar-refractivity contribution >= 4 is 44.9 Å². The van der Waals surface area contributed by atoms with Crippen LogP contribution in [0.1, 0.15) is 16.8 Å². The number of carbonyl (C=O) groups is 1. The van der Waals surface area contributed by atoms with Gasteiger partial charge in [-0.1, -0.05) is 12.1 Å². The van der Waals surface area contributed by atoms with Crippen molar-refractivity contribution in [3.8, 4) is 0 Å². The first kappa shape index (κ1) is 25.2. The summed E-state index contributed by atoms with van der Waals surface area (Å²) < 4.78 is 67.4. The van der Waals surface area contributed by atoms with E-state index in [2.05, 4.69) is 25.6 Å². The number of nitrogens with one attached hydrogen (secondary N) is 2. The third kappa shape index (κ3) is 5.32. The van der Waals surface area contributed by atoms with Crippen molar-refractivity contribution in [2.75, 3.05) is 33.1 Å². The SMILES string of the molecule is Cc1ccc(N(C)S(C)(=O)=O)nc1CN(c1nc(Nc2ccc3c(c2)NC(=O)C3)ncc1F)C(F)F. The van der Waals surface area contributed by atoms with Gasteiger partial charge >= 0.3 is 6.55 Å². The predicted molar refractivity (Wildman–Crippen MR) is 128 cm³/mol. The molecule has 190 valence electrons. The van der Waals surface area contributed by atoms with Crippen LogP contribution in [-0.2, 0) is 27.8 Å². The van der Waals surface area contributed by atoms with E-state index in [-0.39, 0.29) is 29.8 Å². The minimum Gasteiger partial charge on any atom is -0.325 e. The monoisotopic (exact) mass is 521 g/mol. The molecule has 1 aromatic carbocycles. The van der Waals surface area contributed by atoms with Crippen LogP contribution in [0.15, 0.2) is 36.5 Å². The van der Waals surface area contributed by atoms with Gasteiger partial charge in [-0.3, -0.25) is 14.0 Å². The number of nitrogens with zero attached hydrogens (tertiary/aromatic N) is 5. The molecule has 2 aromatic heterocycles. The van der Waals surface area contributed by atoms with Crippen molar-refractivity contribution in [2.45, 2.75) is 26.4 Å². The van der Waals surface area contributed by atoms with Crippen molar-refractivity contribution in [3.63, 3.8) is 0 Å². The average Bonchev–Trinajstić information content (AvgIpc) is 3.18. The molecule has 4 rings (SSSR count). The zero-order valence-electron chi connectivity index (χ0n) is 19.5. The minimum atomic E-state index is -3.63. The van der Waals surface area contributed by atoms with E-state index in [1.54, 1.807) is 31.2 Å². The highest BCUT2D eigenvalue weighted by Crippen LogP contribution is 2.29. The van der Waals surface area contributed by atoms with Gasteiger partial charge in [0, 0.05) is 18.4 Å². The fourth-order valence-corrected chi connectivity index (χ4v) is 3.94. The van der Waals surface area contributed by atoms with Crippen LogP contribution in [0.2, 0.25) is 0 Å². The number of aromatic nitrogens is 3. The van der Waals surface area contributed by atoms with Crippen LogP contribution in [0.25, 0.3) is 0 Å². The van der Waals surface area contributed by atoms with Crippen molar-refractivity contribution in [2.24, 2.45) is 0 Å². The number of fused-ring (bicyclic) bond motifs is 1. The molecule has 0 saturated carbocycles. The predicted octanol–water partition coefficient (Wildman–Crippen LogP) is 3.18. The second kappa shape index (κ2) is 9.60. The second-order valence-corrected chi connectivity index (χ2v) is 10.2. The van der Waals surface area contributed by atoms with Gasteiger partial charge in [0.05, 0.1) is 31.1 Å². The van der Waals surface area contributed by atoms with Crippen LogP contribution in [0, 0.1) is 12.7 Å². The molecule has 0 bridgehead atoms. The molecule has 0 fully saturated rings. The van der Waals surface area contributed by atoms with Gasteiger partial charge < -0.3 is 10.6 Å². The van der Waals surface area contributed by atoms with Gasteiger partial charge in [0.15, 0.2) is 11.6 Å². The summed E-state index contributed by atoms with van der Waals surface area (Å²) in [5.74, 6) is -2.01. The molecule has 0 spiro atoms. The molecule has 2 N–H and O–H groups in total. The second-order valence-electron chi connectivity index (χ2n) is 8.16. The Morgan fingerprint density at radius 1 is 1.19 bits per heavy atom. The summed E-state index contributed by atoms with van der Waals surface area (Å²) in [6, 6.07) is 8.00. The summed E-state index contributed by atoms with van der Waals surface area (Å²) in [6.07, 6.45) is 2.01. The van der Waals surface area contributed by atoms with Crippen LogP contribution in [0.3, 0.4) is 0 Å². The van der Waals surface area contributed by atoms with Gasteiger partial charge in [-0.25, -0.2) is 22.8 Å². The lowest BCUT2D eigenvalue weighted by Crippen LogP contribution is -2.32. The van der Waals surface area contributed by atoms with Gasteiger partial charge in [0.25, 0.3) is 0 Å². The number of sulfonamides is 1. The number of hydrogen-bond acceptors (Lipinski definition) is 8. The van der Waals surface area contributed by atoms with Crippen LogP contribution in [0.5, 0.6) is 0 Å². The van der Waals surface area contributed by atoms with E-state index >= 15 is 0 Å². The van der Waals surface area contributed by atoms with Crippen molar-refractivity contribution < 1.29 is 26.4 Å². The van der Waals surface area contributed by atoms with Crippen LogP contribution < -0.4 is 19.8 Å². The van der Waals surface area contributed by atoms with Crippen LogP contribution in [0.4, 0.5) is 42.1 Å². The fraction of sp³-hybridized carbons (Fsp3) is 0.273. The molecule has 1 aliphatic heterocycles. The molecule has 0 radical (unpaired) electrons. The number of hydrogen-bond donors (Lipinski definition) is 2. The smallest absolute Gasteiger partial charge is 0.316 e. The molecule has 10 nitrogen and oxygen atoms in total. The quantitative estimate of drug-likeness (QED) is 0.434.